The van der Waals surface area contributed by atoms with Gasteiger partial charge in [-0.2, -0.15) is 9.36 Å². The quantitative estimate of drug-likeness (QED) is 0.766. The van der Waals surface area contributed by atoms with Crippen LogP contribution in [0.15, 0.2) is 17.2 Å². The molecule has 1 N–H and O–H groups in total. The van der Waals surface area contributed by atoms with Gasteiger partial charge in [-0.15, -0.1) is 0 Å². The topological polar surface area (TPSA) is 40.0 Å². The van der Waals surface area contributed by atoms with E-state index in [9.17, 15) is 4.79 Å². The van der Waals surface area contributed by atoms with Crippen molar-refractivity contribution in [2.45, 2.75) is 52.1 Å². The molecule has 2 heterocycles. The molecular formula is C14H24N3O+. The number of nitrogens with one attached hydrogen (secondary N) is 1. The zero-order valence-corrected chi connectivity index (χ0v) is 11.9. The maximum atomic E-state index is 11.8. The normalized spacial score (nSPS) is 19.1. The number of likely N-dealkylation sites (tertiary alicyclic amines) is 1. The van der Waals surface area contributed by atoms with E-state index in [2.05, 4.69) is 30.7 Å². The van der Waals surface area contributed by atoms with Crippen molar-refractivity contribution in [1.29, 1.82) is 0 Å². The first-order chi connectivity index (χ1) is 8.38. The number of hydrogen-bond acceptors (Lipinski definition) is 2. The molecule has 1 aromatic rings. The molecule has 1 fully saturated rings. The summed E-state index contributed by atoms with van der Waals surface area (Å²) in [4.78, 5) is 17.1. The van der Waals surface area contributed by atoms with E-state index in [4.69, 9.17) is 0 Å². The summed E-state index contributed by atoms with van der Waals surface area (Å²) in [5.41, 5.74) is 1.34. The lowest BCUT2D eigenvalue weighted by Crippen LogP contribution is -2.58. The number of aromatic amines is 1. The van der Waals surface area contributed by atoms with E-state index in [0.717, 1.165) is 31.5 Å². The molecule has 4 heteroatoms. The van der Waals surface area contributed by atoms with Crippen LogP contribution < -0.4 is 10.3 Å². The number of hydrogen-bond donors (Lipinski definition) is 1. The van der Waals surface area contributed by atoms with E-state index in [0.29, 0.717) is 6.04 Å². The Kier molecular flexibility index (Phi) is 3.57. The molecule has 1 aliphatic heterocycles. The van der Waals surface area contributed by atoms with E-state index in [1.807, 2.05) is 17.7 Å². The second-order valence-electron chi connectivity index (χ2n) is 6.26. The van der Waals surface area contributed by atoms with Crippen molar-refractivity contribution in [1.82, 2.24) is 9.88 Å². The van der Waals surface area contributed by atoms with Crippen LogP contribution in [0.1, 0.15) is 45.2 Å². The molecule has 0 atom stereocenters. The van der Waals surface area contributed by atoms with Gasteiger partial charge in [0.2, 0.25) is 0 Å². The maximum absolute atomic E-state index is 11.8. The van der Waals surface area contributed by atoms with Crippen molar-refractivity contribution >= 4 is 0 Å². The molecule has 2 rings (SSSR count). The summed E-state index contributed by atoms with van der Waals surface area (Å²) in [6, 6.07) is 0.340. The molecule has 100 valence electrons. The average Bonchev–Trinajstić information content (AvgIpc) is 2.31. The van der Waals surface area contributed by atoms with E-state index in [-0.39, 0.29) is 11.2 Å². The minimum atomic E-state index is 0.00908. The Bertz CT molecular complexity index is 465. The van der Waals surface area contributed by atoms with Crippen LogP contribution in [-0.4, -0.2) is 28.5 Å². The molecule has 18 heavy (non-hydrogen) atoms. The predicted molar refractivity (Wildman–Crippen MR) is 71.6 cm³/mol. The molecule has 0 aliphatic carbocycles. The Morgan fingerprint density at radius 1 is 1.33 bits per heavy atom. The fourth-order valence-corrected chi connectivity index (χ4v) is 2.65. The molecule has 0 spiro atoms. The molecule has 0 aromatic carbocycles. The van der Waals surface area contributed by atoms with Gasteiger partial charge in [0.05, 0.1) is 6.20 Å². The van der Waals surface area contributed by atoms with Gasteiger partial charge < -0.3 is 0 Å². The smallest absolute Gasteiger partial charge is 0.298 e. The summed E-state index contributed by atoms with van der Waals surface area (Å²) in [5, 5.41) is 0. The molecule has 1 aliphatic rings. The zero-order chi connectivity index (χ0) is 13.3. The van der Waals surface area contributed by atoms with Crippen molar-refractivity contribution in [2.24, 2.45) is 0 Å². The minimum Gasteiger partial charge on any atom is -0.298 e. The lowest BCUT2D eigenvalue weighted by atomic mass is 9.98. The van der Waals surface area contributed by atoms with Gasteiger partial charge >= 0.3 is 5.69 Å². The second kappa shape index (κ2) is 4.84. The van der Waals surface area contributed by atoms with Crippen LogP contribution >= 0.6 is 0 Å². The van der Waals surface area contributed by atoms with Crippen LogP contribution in [0.2, 0.25) is 0 Å². The maximum Gasteiger partial charge on any atom is 0.495 e. The number of piperidine rings is 1. The molecule has 0 radical (unpaired) electrons. The summed E-state index contributed by atoms with van der Waals surface area (Å²) in [5.74, 6) is 0. The Morgan fingerprint density at radius 3 is 2.50 bits per heavy atom. The first-order valence-electron chi connectivity index (χ1n) is 6.73. The minimum absolute atomic E-state index is 0.00908. The Labute approximate surface area is 109 Å². The van der Waals surface area contributed by atoms with Gasteiger partial charge in [0.15, 0.2) is 0 Å². The number of aryl methyl sites for hydroxylation is 1. The molecule has 1 aromatic heterocycles. The second-order valence-corrected chi connectivity index (χ2v) is 6.26. The number of rotatable bonds is 1. The summed E-state index contributed by atoms with van der Waals surface area (Å²) >= 11 is 0. The van der Waals surface area contributed by atoms with Gasteiger partial charge in [0.1, 0.15) is 12.2 Å². The van der Waals surface area contributed by atoms with E-state index in [1.165, 1.54) is 0 Å². The lowest BCUT2D eigenvalue weighted by Gasteiger charge is -2.40. The third-order valence-corrected chi connectivity index (χ3v) is 3.81. The highest BCUT2D eigenvalue weighted by atomic mass is 16.1. The molecule has 0 unspecified atom stereocenters. The molecular weight excluding hydrogens is 226 g/mol. The fourth-order valence-electron chi connectivity index (χ4n) is 2.65. The van der Waals surface area contributed by atoms with Crippen molar-refractivity contribution < 1.29 is 4.57 Å². The van der Waals surface area contributed by atoms with Crippen LogP contribution in [-0.2, 0) is 0 Å². The van der Waals surface area contributed by atoms with Crippen molar-refractivity contribution in [3.63, 3.8) is 0 Å². The predicted octanol–water partition coefficient (Wildman–Crippen LogP) is 1.41. The number of nitrogens with zero attached hydrogens (tertiary/aromatic N) is 2. The summed E-state index contributed by atoms with van der Waals surface area (Å²) < 4.78 is 1.87. The summed E-state index contributed by atoms with van der Waals surface area (Å²) in [6.07, 6.45) is 5.84. The van der Waals surface area contributed by atoms with Gasteiger partial charge in [-0.05, 0) is 27.7 Å². The number of aromatic nitrogens is 2. The van der Waals surface area contributed by atoms with E-state index < -0.39 is 0 Å². The van der Waals surface area contributed by atoms with Crippen LogP contribution in [0.4, 0.5) is 0 Å². The van der Waals surface area contributed by atoms with E-state index >= 15 is 0 Å². The largest absolute Gasteiger partial charge is 0.495 e. The van der Waals surface area contributed by atoms with E-state index in [1.54, 1.807) is 6.20 Å². The standard InChI is InChI=1S/C14H23N3O/c1-11-9-15-13(18)17(10-11)12-5-7-16(8-6-12)14(2,3)4/h9-10,12H,5-8H2,1-4H3/p+1. The average molecular weight is 250 g/mol. The Balaban J connectivity index is 2.10. The van der Waals surface area contributed by atoms with Crippen LogP contribution in [0, 0.1) is 6.92 Å². The van der Waals surface area contributed by atoms with Gasteiger partial charge in [0.25, 0.3) is 0 Å². The van der Waals surface area contributed by atoms with Crippen molar-refractivity contribution in [3.05, 3.63) is 28.4 Å². The lowest BCUT2D eigenvalue weighted by molar-refractivity contribution is -0.742. The highest BCUT2D eigenvalue weighted by molar-refractivity contribution is 4.94. The Morgan fingerprint density at radius 2 is 1.94 bits per heavy atom. The highest BCUT2D eigenvalue weighted by Crippen LogP contribution is 2.23. The fraction of sp³-hybridized carbons (Fsp3) is 0.714. The number of H-pyrrole nitrogens is 1. The Hall–Kier alpha value is -1.16. The van der Waals surface area contributed by atoms with Crippen molar-refractivity contribution in [3.8, 4) is 0 Å². The molecule has 1 saturated heterocycles. The molecule has 0 saturated carbocycles. The molecule has 0 bridgehead atoms. The third kappa shape index (κ3) is 2.80. The first kappa shape index (κ1) is 13.3. The highest BCUT2D eigenvalue weighted by Gasteiger charge is 2.30. The summed E-state index contributed by atoms with van der Waals surface area (Å²) in [7, 11) is 0. The van der Waals surface area contributed by atoms with Crippen LogP contribution in [0.25, 0.3) is 0 Å². The third-order valence-electron chi connectivity index (χ3n) is 3.81. The van der Waals surface area contributed by atoms with Gasteiger partial charge in [-0.25, -0.2) is 4.98 Å². The molecule has 0 amide bonds. The molecule has 4 nitrogen and oxygen atoms in total. The van der Waals surface area contributed by atoms with Crippen molar-refractivity contribution in [2.75, 3.05) is 13.1 Å². The SMILES string of the molecule is Cc1c[nH]c(=O)[n+](C2CCN(C(C)(C)C)CC2)c1. The van der Waals surface area contributed by atoms with Gasteiger partial charge in [0, 0.05) is 37.0 Å². The van der Waals surface area contributed by atoms with Crippen LogP contribution in [0.3, 0.4) is 0 Å². The van der Waals surface area contributed by atoms with Gasteiger partial charge in [-0.1, -0.05) is 0 Å². The van der Waals surface area contributed by atoms with Crippen LogP contribution in [0.5, 0.6) is 0 Å². The van der Waals surface area contributed by atoms with Gasteiger partial charge in [-0.3, -0.25) is 4.90 Å². The monoisotopic (exact) mass is 250 g/mol. The zero-order valence-electron chi connectivity index (χ0n) is 11.9. The first-order valence-corrected chi connectivity index (χ1v) is 6.73. The summed E-state index contributed by atoms with van der Waals surface area (Å²) in [6.45, 7) is 10.9.